The van der Waals surface area contributed by atoms with Crippen molar-refractivity contribution in [3.8, 4) is 17.1 Å². The number of ether oxygens (including phenoxy) is 1. The molecule has 0 aliphatic heterocycles. The number of carbonyl (C=O) groups is 1. The van der Waals surface area contributed by atoms with Crippen LogP contribution in [0.15, 0.2) is 65.6 Å². The third kappa shape index (κ3) is 3.80. The van der Waals surface area contributed by atoms with Gasteiger partial charge in [-0.15, -0.1) is 0 Å². The first-order valence-electron chi connectivity index (χ1n) is 8.18. The lowest BCUT2D eigenvalue weighted by molar-refractivity contribution is 0.0938. The molecule has 2 aromatic carbocycles. The molecule has 132 valence electrons. The highest BCUT2D eigenvalue weighted by atomic mass is 16.5. The number of rotatable bonds is 5. The number of aromatic amines is 1. The van der Waals surface area contributed by atoms with Gasteiger partial charge in [0, 0.05) is 11.8 Å². The molecule has 1 heterocycles. The molecule has 0 radical (unpaired) electrons. The standard InChI is InChI=1S/C20H19N3O3/c1-13(14-8-10-16(26-2)11-9-14)22-19(24)17-12-21-18(23-20(17)25)15-6-4-3-5-7-15/h3-13H,1-2H3,(H,22,24)(H,21,23,25)/t13-/m1/s1. The van der Waals surface area contributed by atoms with E-state index in [1.165, 1.54) is 6.20 Å². The molecule has 0 saturated heterocycles. The maximum absolute atomic E-state index is 12.4. The Morgan fingerprint density at radius 2 is 1.81 bits per heavy atom. The number of amides is 1. The summed E-state index contributed by atoms with van der Waals surface area (Å²) in [6, 6.07) is 16.4. The van der Waals surface area contributed by atoms with Gasteiger partial charge in [-0.2, -0.15) is 0 Å². The summed E-state index contributed by atoms with van der Waals surface area (Å²) in [5.74, 6) is 0.696. The minimum atomic E-state index is -0.474. The van der Waals surface area contributed by atoms with Gasteiger partial charge in [0.25, 0.3) is 11.5 Å². The van der Waals surface area contributed by atoms with Crippen LogP contribution < -0.4 is 15.6 Å². The van der Waals surface area contributed by atoms with Gasteiger partial charge in [-0.25, -0.2) is 4.98 Å². The van der Waals surface area contributed by atoms with E-state index in [0.717, 1.165) is 16.9 Å². The minimum absolute atomic E-state index is 0.0231. The van der Waals surface area contributed by atoms with Crippen molar-refractivity contribution >= 4 is 5.91 Å². The average molecular weight is 349 g/mol. The van der Waals surface area contributed by atoms with E-state index in [9.17, 15) is 9.59 Å². The van der Waals surface area contributed by atoms with Crippen molar-refractivity contribution in [2.75, 3.05) is 7.11 Å². The zero-order chi connectivity index (χ0) is 18.5. The number of benzene rings is 2. The predicted octanol–water partition coefficient (Wildman–Crippen LogP) is 2.94. The first-order chi connectivity index (χ1) is 12.6. The second-order valence-corrected chi connectivity index (χ2v) is 5.81. The van der Waals surface area contributed by atoms with E-state index >= 15 is 0 Å². The molecule has 0 spiro atoms. The van der Waals surface area contributed by atoms with Crippen LogP contribution in [0.2, 0.25) is 0 Å². The van der Waals surface area contributed by atoms with E-state index in [4.69, 9.17) is 4.74 Å². The van der Waals surface area contributed by atoms with Gasteiger partial charge in [0.15, 0.2) is 0 Å². The molecule has 0 aliphatic rings. The summed E-state index contributed by atoms with van der Waals surface area (Å²) in [6.07, 6.45) is 1.30. The SMILES string of the molecule is COc1ccc([C@@H](C)NC(=O)c2cnc(-c3ccccc3)[nH]c2=O)cc1. The highest BCUT2D eigenvalue weighted by Crippen LogP contribution is 2.17. The average Bonchev–Trinajstić information content (AvgIpc) is 2.68. The van der Waals surface area contributed by atoms with E-state index in [1.54, 1.807) is 7.11 Å². The van der Waals surface area contributed by atoms with Crippen molar-refractivity contribution in [3.63, 3.8) is 0 Å². The molecule has 0 saturated carbocycles. The van der Waals surface area contributed by atoms with Crippen LogP contribution in [0, 0.1) is 0 Å². The summed E-state index contributed by atoms with van der Waals surface area (Å²) in [6.45, 7) is 1.85. The smallest absolute Gasteiger partial charge is 0.264 e. The molecule has 0 fully saturated rings. The Hall–Kier alpha value is -3.41. The van der Waals surface area contributed by atoms with Gasteiger partial charge in [0.2, 0.25) is 0 Å². The Morgan fingerprint density at radius 3 is 2.42 bits per heavy atom. The van der Waals surface area contributed by atoms with Crippen molar-refractivity contribution in [3.05, 3.63) is 82.3 Å². The topological polar surface area (TPSA) is 84.1 Å². The number of nitrogens with one attached hydrogen (secondary N) is 2. The lowest BCUT2D eigenvalue weighted by atomic mass is 10.1. The fourth-order valence-electron chi connectivity index (χ4n) is 2.55. The minimum Gasteiger partial charge on any atom is -0.497 e. The van der Waals surface area contributed by atoms with Gasteiger partial charge in [0.1, 0.15) is 17.1 Å². The predicted molar refractivity (Wildman–Crippen MR) is 99.2 cm³/mol. The molecule has 6 nitrogen and oxygen atoms in total. The second kappa shape index (κ2) is 7.65. The summed E-state index contributed by atoms with van der Waals surface area (Å²) in [5.41, 5.74) is 1.19. The largest absolute Gasteiger partial charge is 0.497 e. The first kappa shape index (κ1) is 17.4. The van der Waals surface area contributed by atoms with Gasteiger partial charge < -0.3 is 15.0 Å². The van der Waals surface area contributed by atoms with E-state index in [2.05, 4.69) is 15.3 Å². The van der Waals surface area contributed by atoms with Crippen LogP contribution in [0.5, 0.6) is 5.75 Å². The van der Waals surface area contributed by atoms with Gasteiger partial charge in [-0.05, 0) is 24.6 Å². The summed E-state index contributed by atoms with van der Waals surface area (Å²) in [7, 11) is 1.60. The summed E-state index contributed by atoms with van der Waals surface area (Å²) in [4.78, 5) is 31.6. The van der Waals surface area contributed by atoms with Crippen molar-refractivity contribution in [2.45, 2.75) is 13.0 Å². The normalized spacial score (nSPS) is 11.6. The Balaban J connectivity index is 1.76. The van der Waals surface area contributed by atoms with Crippen molar-refractivity contribution in [1.82, 2.24) is 15.3 Å². The molecule has 0 bridgehead atoms. The molecule has 6 heteroatoms. The maximum Gasteiger partial charge on any atom is 0.264 e. The fourth-order valence-corrected chi connectivity index (χ4v) is 2.55. The van der Waals surface area contributed by atoms with E-state index in [1.807, 2.05) is 61.5 Å². The van der Waals surface area contributed by atoms with Crippen molar-refractivity contribution in [2.24, 2.45) is 0 Å². The number of nitrogens with zero attached hydrogens (tertiary/aromatic N) is 1. The Labute approximate surface area is 150 Å². The van der Waals surface area contributed by atoms with Crippen LogP contribution in [-0.2, 0) is 0 Å². The number of H-pyrrole nitrogens is 1. The van der Waals surface area contributed by atoms with Crippen molar-refractivity contribution < 1.29 is 9.53 Å². The highest BCUT2D eigenvalue weighted by molar-refractivity contribution is 5.93. The second-order valence-electron chi connectivity index (χ2n) is 5.81. The molecule has 0 unspecified atom stereocenters. The third-order valence-corrected chi connectivity index (χ3v) is 4.05. The molecular weight excluding hydrogens is 330 g/mol. The van der Waals surface area contributed by atoms with Crippen LogP contribution in [-0.4, -0.2) is 23.0 Å². The molecule has 1 amide bonds. The van der Waals surface area contributed by atoms with E-state index in [0.29, 0.717) is 5.82 Å². The van der Waals surface area contributed by atoms with Gasteiger partial charge >= 0.3 is 0 Å². The third-order valence-electron chi connectivity index (χ3n) is 4.05. The van der Waals surface area contributed by atoms with Crippen LogP contribution in [0.25, 0.3) is 11.4 Å². The van der Waals surface area contributed by atoms with Crippen molar-refractivity contribution in [1.29, 1.82) is 0 Å². The van der Waals surface area contributed by atoms with Gasteiger partial charge in [0.05, 0.1) is 13.2 Å². The zero-order valence-corrected chi connectivity index (χ0v) is 14.5. The lowest BCUT2D eigenvalue weighted by Gasteiger charge is -2.14. The maximum atomic E-state index is 12.4. The molecular formula is C20H19N3O3. The van der Waals surface area contributed by atoms with E-state index < -0.39 is 11.5 Å². The summed E-state index contributed by atoms with van der Waals surface area (Å²) in [5, 5.41) is 2.81. The number of methoxy groups -OCH3 is 1. The van der Waals surface area contributed by atoms with Crippen LogP contribution >= 0.6 is 0 Å². The van der Waals surface area contributed by atoms with Crippen LogP contribution in [0.1, 0.15) is 28.9 Å². The Bertz CT molecular complexity index is 950. The monoisotopic (exact) mass is 349 g/mol. The highest BCUT2D eigenvalue weighted by Gasteiger charge is 2.16. The lowest BCUT2D eigenvalue weighted by Crippen LogP contribution is -2.32. The summed E-state index contributed by atoms with van der Waals surface area (Å²) >= 11 is 0. The number of aromatic nitrogens is 2. The molecule has 3 aromatic rings. The molecule has 3 rings (SSSR count). The number of hydrogen-bond acceptors (Lipinski definition) is 4. The zero-order valence-electron chi connectivity index (χ0n) is 14.5. The van der Waals surface area contributed by atoms with Gasteiger partial charge in [-0.1, -0.05) is 42.5 Å². The molecule has 2 N–H and O–H groups in total. The molecule has 26 heavy (non-hydrogen) atoms. The quantitative estimate of drug-likeness (QED) is 0.742. The Kier molecular flexibility index (Phi) is 5.12. The molecule has 1 atom stereocenters. The van der Waals surface area contributed by atoms with Crippen LogP contribution in [0.3, 0.4) is 0 Å². The number of carbonyl (C=O) groups excluding carboxylic acids is 1. The summed E-state index contributed by atoms with van der Waals surface area (Å²) < 4.78 is 5.12. The first-order valence-corrected chi connectivity index (χ1v) is 8.18. The molecule has 0 aliphatic carbocycles. The molecule has 1 aromatic heterocycles. The number of hydrogen-bond donors (Lipinski definition) is 2. The van der Waals surface area contributed by atoms with Crippen LogP contribution in [0.4, 0.5) is 0 Å². The fraction of sp³-hybridized carbons (Fsp3) is 0.150. The Morgan fingerprint density at radius 1 is 1.12 bits per heavy atom. The van der Waals surface area contributed by atoms with E-state index in [-0.39, 0.29) is 11.6 Å². The van der Waals surface area contributed by atoms with Gasteiger partial charge in [-0.3, -0.25) is 9.59 Å².